The third-order valence-corrected chi connectivity index (χ3v) is 1.46. The smallest absolute Gasteiger partial charge is 0.251 e. The van der Waals surface area contributed by atoms with Gasteiger partial charge in [0.15, 0.2) is 0 Å². The average molecular weight is 174 g/mol. The molecule has 0 amide bonds. The van der Waals surface area contributed by atoms with E-state index in [0.29, 0.717) is 0 Å². The summed E-state index contributed by atoms with van der Waals surface area (Å²) < 4.78 is 4.21. The lowest BCUT2D eigenvalue weighted by Crippen LogP contribution is -2.30. The summed E-state index contributed by atoms with van der Waals surface area (Å²) in [5.41, 5.74) is 0.0185. The first-order chi connectivity index (χ1) is 5.54. The molecule has 1 heterocycles. The normalized spacial score (nSPS) is 16.0. The predicted molar refractivity (Wildman–Crippen MR) is 36.7 cm³/mol. The molecule has 0 fully saturated rings. The highest BCUT2D eigenvalue weighted by molar-refractivity contribution is 5.08. The van der Waals surface area contributed by atoms with Gasteiger partial charge in [-0.25, -0.2) is 0 Å². The highest BCUT2D eigenvalue weighted by Crippen LogP contribution is 2.17. The Bertz CT molecular complexity index is 269. The maximum absolute atomic E-state index is 10.8. The van der Waals surface area contributed by atoms with Gasteiger partial charge in [-0.2, -0.15) is 0 Å². The Morgan fingerprint density at radius 3 is 2.33 bits per heavy atom. The number of hydrogen-bond donors (Lipinski definition) is 2. The van der Waals surface area contributed by atoms with Crippen LogP contribution in [0.3, 0.4) is 0 Å². The fourth-order valence-corrected chi connectivity index (χ4v) is 0.922. The van der Waals surface area contributed by atoms with E-state index in [0.717, 1.165) is 0 Å². The molecular formula is C6H10N2O4. The molecule has 0 radical (unpaired) electrons. The first-order valence-corrected chi connectivity index (χ1v) is 3.49. The fourth-order valence-electron chi connectivity index (χ4n) is 0.922. The minimum absolute atomic E-state index is 0.0509. The molecule has 6 heteroatoms. The monoisotopic (exact) mass is 174 g/mol. The highest BCUT2D eigenvalue weighted by Gasteiger charge is 2.26. The van der Waals surface area contributed by atoms with Crippen molar-refractivity contribution in [1.82, 2.24) is 5.16 Å². The van der Waals surface area contributed by atoms with Crippen molar-refractivity contribution in [3.63, 3.8) is 0 Å². The maximum Gasteiger partial charge on any atom is 0.251 e. The molecule has 12 heavy (non-hydrogen) atoms. The van der Waals surface area contributed by atoms with Gasteiger partial charge in [-0.1, -0.05) is 0 Å². The summed E-state index contributed by atoms with van der Waals surface area (Å²) in [6, 6.07) is 0. The zero-order valence-electron chi connectivity index (χ0n) is 6.76. The molecule has 1 aromatic heterocycles. The van der Waals surface area contributed by atoms with Gasteiger partial charge in [0.25, 0.3) is 5.69 Å². The lowest BCUT2D eigenvalue weighted by atomic mass is 10.2. The van der Waals surface area contributed by atoms with Crippen LogP contribution in [0.2, 0.25) is 0 Å². The van der Waals surface area contributed by atoms with E-state index in [2.05, 4.69) is 9.79 Å². The molecular weight excluding hydrogens is 164 g/mol. The van der Waals surface area contributed by atoms with Crippen molar-refractivity contribution in [2.24, 2.45) is 0 Å². The molecule has 0 aliphatic rings. The van der Waals surface area contributed by atoms with Gasteiger partial charge in [-0.05, 0) is 18.8 Å². The number of hydrogen-bond acceptors (Lipinski definition) is 5. The molecule has 0 aromatic carbocycles. The number of aliphatic hydroxyl groups is 2. The Hall–Kier alpha value is -1.14. The molecule has 0 aliphatic carbocycles. The van der Waals surface area contributed by atoms with Crippen LogP contribution in [0.5, 0.6) is 0 Å². The van der Waals surface area contributed by atoms with Crippen molar-refractivity contribution in [2.75, 3.05) is 0 Å². The number of rotatable bonds is 2. The zero-order chi connectivity index (χ0) is 9.30. The number of aromatic nitrogens is 2. The lowest BCUT2D eigenvalue weighted by molar-refractivity contribution is -0.810. The molecule has 0 unspecified atom stereocenters. The van der Waals surface area contributed by atoms with Crippen molar-refractivity contribution in [3.05, 3.63) is 16.6 Å². The van der Waals surface area contributed by atoms with Gasteiger partial charge < -0.3 is 15.4 Å². The molecule has 1 rings (SSSR count). The maximum atomic E-state index is 10.8. The summed E-state index contributed by atoms with van der Waals surface area (Å²) in [5.74, 6) is 0. The van der Waals surface area contributed by atoms with Crippen molar-refractivity contribution in [3.8, 4) is 0 Å². The van der Waals surface area contributed by atoms with Gasteiger partial charge in [-0.15, -0.1) is 0 Å². The van der Waals surface area contributed by atoms with E-state index < -0.39 is 12.2 Å². The number of aliphatic hydroxyl groups excluding tert-OH is 2. The molecule has 1 aromatic rings. The Kier molecular flexibility index (Phi) is 2.30. The average Bonchev–Trinajstić information content (AvgIpc) is 2.30. The van der Waals surface area contributed by atoms with E-state index >= 15 is 0 Å². The minimum atomic E-state index is -1.00. The summed E-state index contributed by atoms with van der Waals surface area (Å²) >= 11 is 0. The summed E-state index contributed by atoms with van der Waals surface area (Å²) in [5, 5.41) is 32.3. The van der Waals surface area contributed by atoms with Crippen LogP contribution >= 0.6 is 0 Å². The number of nitrogens with zero attached hydrogens (tertiary/aromatic N) is 2. The Morgan fingerprint density at radius 2 is 2.00 bits per heavy atom. The Balaban J connectivity index is 3.12. The molecule has 0 bridgehead atoms. The molecule has 68 valence electrons. The van der Waals surface area contributed by atoms with E-state index in [1.807, 2.05) is 0 Å². The van der Waals surface area contributed by atoms with Crippen molar-refractivity contribution >= 4 is 0 Å². The molecule has 0 saturated heterocycles. The molecule has 0 aliphatic heterocycles. The third-order valence-electron chi connectivity index (χ3n) is 1.46. The SMILES string of the molecule is C[C@H](O)c1c([C@@H](C)O)no[n+]1[O-]. The summed E-state index contributed by atoms with van der Waals surface area (Å²) in [7, 11) is 0. The Morgan fingerprint density at radius 1 is 1.42 bits per heavy atom. The van der Waals surface area contributed by atoms with Crippen LogP contribution < -0.4 is 4.90 Å². The van der Waals surface area contributed by atoms with Crippen molar-refractivity contribution in [2.45, 2.75) is 26.1 Å². The standard InChI is InChI=1S/C6H10N2O4/c1-3(9)5-6(4(2)10)8(11)12-7-5/h3-4,9-10H,1-2H3/t3-,4+/m1/s1. The van der Waals surface area contributed by atoms with Crippen molar-refractivity contribution in [1.29, 1.82) is 0 Å². The largest absolute Gasteiger partial charge is 0.385 e. The van der Waals surface area contributed by atoms with Gasteiger partial charge in [0.1, 0.15) is 12.2 Å². The second kappa shape index (κ2) is 3.08. The fraction of sp³-hybridized carbons (Fsp3) is 0.667. The second-order valence-electron chi connectivity index (χ2n) is 2.55. The van der Waals surface area contributed by atoms with Gasteiger partial charge in [0.2, 0.25) is 5.69 Å². The van der Waals surface area contributed by atoms with E-state index in [1.165, 1.54) is 13.8 Å². The van der Waals surface area contributed by atoms with Crippen LogP contribution in [0, 0.1) is 5.21 Å². The van der Waals surface area contributed by atoms with Gasteiger partial charge in [0, 0.05) is 5.16 Å². The van der Waals surface area contributed by atoms with Crippen LogP contribution in [0.25, 0.3) is 0 Å². The van der Waals surface area contributed by atoms with Crippen LogP contribution in [-0.2, 0) is 0 Å². The van der Waals surface area contributed by atoms with E-state index in [9.17, 15) is 5.21 Å². The molecule has 2 atom stereocenters. The first-order valence-electron chi connectivity index (χ1n) is 3.49. The first kappa shape index (κ1) is 8.95. The van der Waals surface area contributed by atoms with Gasteiger partial charge >= 0.3 is 0 Å². The molecule has 0 spiro atoms. The van der Waals surface area contributed by atoms with Gasteiger partial charge in [0.05, 0.1) is 0 Å². The second-order valence-corrected chi connectivity index (χ2v) is 2.55. The van der Waals surface area contributed by atoms with Crippen molar-refractivity contribution < 1.29 is 19.7 Å². The van der Waals surface area contributed by atoms with Crippen LogP contribution in [-0.4, -0.2) is 15.4 Å². The molecule has 2 N–H and O–H groups in total. The van der Waals surface area contributed by atoms with Crippen LogP contribution in [0.15, 0.2) is 4.63 Å². The third kappa shape index (κ3) is 1.39. The molecule has 0 saturated carbocycles. The quantitative estimate of drug-likeness (QED) is 0.585. The topological polar surface area (TPSA) is 93.4 Å². The van der Waals surface area contributed by atoms with Crippen LogP contribution in [0.1, 0.15) is 37.4 Å². The van der Waals surface area contributed by atoms with Crippen LogP contribution in [0.4, 0.5) is 0 Å². The van der Waals surface area contributed by atoms with Gasteiger partial charge in [-0.3, -0.25) is 4.63 Å². The van der Waals surface area contributed by atoms with E-state index in [4.69, 9.17) is 10.2 Å². The zero-order valence-corrected chi connectivity index (χ0v) is 6.76. The van der Waals surface area contributed by atoms with E-state index in [1.54, 1.807) is 0 Å². The predicted octanol–water partition coefficient (Wildman–Crippen LogP) is -0.585. The minimum Gasteiger partial charge on any atom is -0.385 e. The molecule has 6 nitrogen and oxygen atoms in total. The lowest BCUT2D eigenvalue weighted by Gasteiger charge is -2.01. The summed E-state index contributed by atoms with van der Waals surface area (Å²) in [6.07, 6.45) is -1.92. The highest BCUT2D eigenvalue weighted by atomic mass is 16.8. The summed E-state index contributed by atoms with van der Waals surface area (Å²) in [4.78, 5) is 0.0900. The summed E-state index contributed by atoms with van der Waals surface area (Å²) in [6.45, 7) is 2.83. The van der Waals surface area contributed by atoms with E-state index in [-0.39, 0.29) is 16.3 Å². The Labute approximate surface area is 68.6 Å².